The van der Waals surface area contributed by atoms with Crippen molar-refractivity contribution in [3.8, 4) is 0 Å². The smallest absolute Gasteiger partial charge is 0.230 e. The third-order valence-corrected chi connectivity index (χ3v) is 4.48. The van der Waals surface area contributed by atoms with E-state index >= 15 is 0 Å². The molecule has 0 fully saturated rings. The number of hydrogen-bond acceptors (Lipinski definition) is 5. The van der Waals surface area contributed by atoms with E-state index in [-0.39, 0.29) is 11.2 Å². The minimum Gasteiger partial charge on any atom is -0.357 e. The average Bonchev–Trinajstić information content (AvgIpc) is 2.65. The van der Waals surface area contributed by atoms with Crippen molar-refractivity contribution < 1.29 is 9.13 Å². The molecular weight excluding hydrogens is 335 g/mol. The first kappa shape index (κ1) is 18.1. The first-order chi connectivity index (χ1) is 12.6. The molecule has 1 aliphatic heterocycles. The number of aliphatic imine (C=N–C) groups is 1. The fraction of sp³-hybridized carbons (Fsp3) is 0.368. The lowest BCUT2D eigenvalue weighted by Crippen LogP contribution is -2.46. The molecule has 2 heterocycles. The second kappa shape index (κ2) is 7.70. The highest BCUT2D eigenvalue weighted by molar-refractivity contribution is 6.03. The number of aromatic nitrogens is 1. The van der Waals surface area contributed by atoms with E-state index in [1.54, 1.807) is 30.3 Å². The minimum absolute atomic E-state index is 0.109. The number of anilines is 1. The van der Waals surface area contributed by atoms with Gasteiger partial charge in [0.2, 0.25) is 11.8 Å². The van der Waals surface area contributed by atoms with E-state index in [9.17, 15) is 9.18 Å². The number of fused-ring (bicyclic) bond motifs is 1. The van der Waals surface area contributed by atoms with Gasteiger partial charge in [-0.3, -0.25) is 4.79 Å². The topological polar surface area (TPSA) is 60.9 Å². The fourth-order valence-corrected chi connectivity index (χ4v) is 3.16. The Bertz CT molecular complexity index is 843. The molecule has 1 aromatic carbocycles. The van der Waals surface area contributed by atoms with E-state index in [0.717, 1.165) is 18.7 Å². The van der Waals surface area contributed by atoms with Crippen LogP contribution in [0.3, 0.4) is 0 Å². The summed E-state index contributed by atoms with van der Waals surface area (Å²) in [6.07, 6.45) is 0.996. The number of nitrogens with one attached hydrogen (secondary N) is 1. The van der Waals surface area contributed by atoms with Crippen molar-refractivity contribution in [2.45, 2.75) is 26.7 Å². The number of hydrogen-bond donors (Lipinski definition) is 1. The molecule has 0 aliphatic carbocycles. The first-order valence-electron chi connectivity index (χ1n) is 8.67. The van der Waals surface area contributed by atoms with Crippen molar-refractivity contribution in [1.82, 2.24) is 9.88 Å². The van der Waals surface area contributed by atoms with E-state index < -0.39 is 6.35 Å². The molecule has 0 amide bonds. The van der Waals surface area contributed by atoms with Gasteiger partial charge in [0.25, 0.3) is 0 Å². The molecule has 1 unspecified atom stereocenters. The molecule has 1 aliphatic rings. The van der Waals surface area contributed by atoms with Gasteiger partial charge in [-0.15, -0.1) is 0 Å². The lowest BCUT2D eigenvalue weighted by molar-refractivity contribution is 0.102. The molecule has 138 valence electrons. The zero-order valence-electron chi connectivity index (χ0n) is 15.2. The summed E-state index contributed by atoms with van der Waals surface area (Å²) in [4.78, 5) is 24.4. The molecule has 6 nitrogen and oxygen atoms in total. The number of rotatable bonds is 5. The quantitative estimate of drug-likeness (QED) is 0.892. The van der Waals surface area contributed by atoms with E-state index in [1.165, 1.54) is 18.2 Å². The Morgan fingerprint density at radius 3 is 2.54 bits per heavy atom. The summed E-state index contributed by atoms with van der Waals surface area (Å²) in [7, 11) is 1.56. The number of aromatic amines is 1. The van der Waals surface area contributed by atoms with Gasteiger partial charge in [0.15, 0.2) is 5.84 Å². The van der Waals surface area contributed by atoms with Crippen LogP contribution in [0.25, 0.3) is 0 Å². The highest BCUT2D eigenvalue weighted by Gasteiger charge is 2.32. The van der Waals surface area contributed by atoms with Crippen molar-refractivity contribution >= 4 is 11.5 Å². The fourth-order valence-electron chi connectivity index (χ4n) is 3.16. The molecular formula is C19H23FN4O2. The normalized spacial score (nSPS) is 16.2. The average molecular weight is 358 g/mol. The van der Waals surface area contributed by atoms with Crippen LogP contribution < -0.4 is 10.3 Å². The van der Waals surface area contributed by atoms with Crippen LogP contribution in [0.15, 0.2) is 46.3 Å². The summed E-state index contributed by atoms with van der Waals surface area (Å²) in [5.74, 6) is 0.417. The first-order valence-corrected chi connectivity index (χ1v) is 8.67. The van der Waals surface area contributed by atoms with Crippen LogP contribution in [0, 0.1) is 5.82 Å². The summed E-state index contributed by atoms with van der Waals surface area (Å²) in [5.41, 5.74) is 1.95. The largest absolute Gasteiger partial charge is 0.357 e. The van der Waals surface area contributed by atoms with Gasteiger partial charge >= 0.3 is 0 Å². The molecule has 0 bridgehead atoms. The van der Waals surface area contributed by atoms with Crippen molar-refractivity contribution in [1.29, 1.82) is 0 Å². The molecule has 0 saturated carbocycles. The number of H-pyrrole nitrogens is 1. The zero-order chi connectivity index (χ0) is 18.7. The number of methoxy groups -OCH3 is 1. The lowest BCUT2D eigenvalue weighted by Gasteiger charge is -2.37. The molecule has 3 rings (SSSR count). The number of halogens is 1. The number of benzene rings is 1. The number of pyridine rings is 1. The van der Waals surface area contributed by atoms with Crippen LogP contribution in [0.1, 0.15) is 25.1 Å². The van der Waals surface area contributed by atoms with Gasteiger partial charge in [0.05, 0.1) is 0 Å². The summed E-state index contributed by atoms with van der Waals surface area (Å²) < 4.78 is 18.8. The predicted molar refractivity (Wildman–Crippen MR) is 99.9 cm³/mol. The third-order valence-electron chi connectivity index (χ3n) is 4.48. The second-order valence-corrected chi connectivity index (χ2v) is 6.01. The summed E-state index contributed by atoms with van der Waals surface area (Å²) >= 11 is 0. The highest BCUT2D eigenvalue weighted by Crippen LogP contribution is 2.27. The monoisotopic (exact) mass is 358 g/mol. The maximum Gasteiger partial charge on any atom is 0.230 e. The van der Waals surface area contributed by atoms with Crippen molar-refractivity contribution in [3.05, 3.63) is 63.8 Å². The van der Waals surface area contributed by atoms with Gasteiger partial charge in [-0.1, -0.05) is 12.1 Å². The van der Waals surface area contributed by atoms with Crippen molar-refractivity contribution in [2.24, 2.45) is 4.99 Å². The van der Waals surface area contributed by atoms with Gasteiger partial charge in [-0.05, 0) is 31.5 Å². The third kappa shape index (κ3) is 3.35. The van der Waals surface area contributed by atoms with Crippen LogP contribution >= 0.6 is 0 Å². The molecule has 0 spiro atoms. The zero-order valence-corrected chi connectivity index (χ0v) is 15.2. The van der Waals surface area contributed by atoms with E-state index in [4.69, 9.17) is 9.73 Å². The molecule has 0 radical (unpaired) electrons. The molecule has 7 heteroatoms. The van der Waals surface area contributed by atoms with Crippen LogP contribution in [-0.2, 0) is 11.3 Å². The van der Waals surface area contributed by atoms with Crippen molar-refractivity contribution in [2.75, 3.05) is 25.1 Å². The van der Waals surface area contributed by atoms with Crippen LogP contribution in [0.4, 0.5) is 10.1 Å². The summed E-state index contributed by atoms with van der Waals surface area (Å²) in [5, 5.41) is 0. The molecule has 0 saturated heterocycles. The molecule has 2 aromatic rings. The second-order valence-electron chi connectivity index (χ2n) is 6.01. The summed E-state index contributed by atoms with van der Waals surface area (Å²) in [6.45, 7) is 5.99. The van der Waals surface area contributed by atoms with Gasteiger partial charge in [-0.2, -0.15) is 0 Å². The number of nitrogens with zero attached hydrogens (tertiary/aromatic N) is 3. The number of amidine groups is 1. The van der Waals surface area contributed by atoms with E-state index in [0.29, 0.717) is 23.8 Å². The van der Waals surface area contributed by atoms with Crippen LogP contribution in [0.2, 0.25) is 0 Å². The molecule has 1 N–H and O–H groups in total. The number of ether oxygens (including phenoxy) is 1. The molecule has 1 aromatic heterocycles. The van der Waals surface area contributed by atoms with E-state index in [1.807, 2.05) is 13.8 Å². The Kier molecular flexibility index (Phi) is 5.37. The minimum atomic E-state index is -0.633. The van der Waals surface area contributed by atoms with Gasteiger partial charge < -0.3 is 19.5 Å². The Morgan fingerprint density at radius 2 is 1.92 bits per heavy atom. The maximum absolute atomic E-state index is 13.2. The molecule has 1 atom stereocenters. The van der Waals surface area contributed by atoms with Gasteiger partial charge in [-0.25, -0.2) is 9.38 Å². The Labute approximate surface area is 151 Å². The summed E-state index contributed by atoms with van der Waals surface area (Å²) in [6, 6.07) is 7.70. The van der Waals surface area contributed by atoms with Crippen molar-refractivity contribution in [3.63, 3.8) is 0 Å². The van der Waals surface area contributed by atoms with E-state index in [2.05, 4.69) is 9.88 Å². The van der Waals surface area contributed by atoms with Gasteiger partial charge in [0, 0.05) is 39.0 Å². The Hall–Kier alpha value is -2.67. The standard InChI is InChI=1S/C19H23FN4O2/c1-4-23(5-2)18-16-17(15(25)10-11-21-16)24(19(22-18)26-3)12-13-6-8-14(20)9-7-13/h6-11,19H,4-5,12H2,1-3H3,(H,21,25). The van der Waals surface area contributed by atoms with Crippen LogP contribution in [-0.4, -0.2) is 42.3 Å². The highest BCUT2D eigenvalue weighted by atomic mass is 19.1. The Morgan fingerprint density at radius 1 is 1.23 bits per heavy atom. The molecule has 26 heavy (non-hydrogen) atoms. The van der Waals surface area contributed by atoms with Gasteiger partial charge in [0.1, 0.15) is 17.2 Å². The lowest BCUT2D eigenvalue weighted by atomic mass is 10.1. The maximum atomic E-state index is 13.2. The van der Waals surface area contributed by atoms with Crippen LogP contribution in [0.5, 0.6) is 0 Å². The predicted octanol–water partition coefficient (Wildman–Crippen LogP) is 2.55. The SMILES string of the molecule is CCN(CC)C1=NC(OC)N(Cc2ccc(F)cc2)c2c1[nH]ccc2=O. The Balaban J connectivity index is 2.08.